The van der Waals surface area contributed by atoms with Gasteiger partial charge >= 0.3 is 5.97 Å². The van der Waals surface area contributed by atoms with Gasteiger partial charge in [0.15, 0.2) is 0 Å². The second kappa shape index (κ2) is 7.48. The lowest BCUT2D eigenvalue weighted by Gasteiger charge is -2.11. The molecule has 4 nitrogen and oxygen atoms in total. The number of rotatable bonds is 4. The number of unbranched alkanes of at least 4 members (excludes halogenated alkanes) is 1. The molecule has 0 saturated carbocycles. The minimum Gasteiger partial charge on any atom is -0.462 e. The van der Waals surface area contributed by atoms with Crippen molar-refractivity contribution in [1.29, 1.82) is 10.5 Å². The third-order valence-corrected chi connectivity index (χ3v) is 4.69. The number of hydrogen-bond acceptors (Lipinski definition) is 4. The average Bonchev–Trinajstić information content (AvgIpc) is 2.95. The topological polar surface area (TPSA) is 73.9 Å². The fourth-order valence-electron chi connectivity index (χ4n) is 3.46. The van der Waals surface area contributed by atoms with Crippen molar-refractivity contribution in [1.82, 2.24) is 0 Å². The first-order chi connectivity index (χ1) is 13.0. The summed E-state index contributed by atoms with van der Waals surface area (Å²) in [7, 11) is 0. The van der Waals surface area contributed by atoms with E-state index in [2.05, 4.69) is 0 Å². The quantitative estimate of drug-likeness (QED) is 0.371. The number of carbonyl (C=O) groups is 1. The van der Waals surface area contributed by atoms with Crippen LogP contribution in [0.4, 0.5) is 0 Å². The Balaban J connectivity index is 2.29. The summed E-state index contributed by atoms with van der Waals surface area (Å²) in [4.78, 5) is 12.8. The highest BCUT2D eigenvalue weighted by atomic mass is 16.5. The van der Waals surface area contributed by atoms with Gasteiger partial charge in [0.25, 0.3) is 0 Å². The molecule has 0 amide bonds. The number of hydrogen-bond donors (Lipinski definition) is 0. The Morgan fingerprint density at radius 2 is 1.70 bits per heavy atom. The number of aryl methyl sites for hydroxylation is 2. The van der Waals surface area contributed by atoms with Gasteiger partial charge in [0, 0.05) is 11.1 Å². The summed E-state index contributed by atoms with van der Waals surface area (Å²) in [6, 6.07) is 13.6. The number of fused-ring (bicyclic) bond motifs is 3. The fourth-order valence-corrected chi connectivity index (χ4v) is 3.46. The molecule has 0 unspecified atom stereocenters. The highest BCUT2D eigenvalue weighted by molar-refractivity contribution is 6.11. The van der Waals surface area contributed by atoms with E-state index in [9.17, 15) is 15.3 Å². The van der Waals surface area contributed by atoms with Crippen molar-refractivity contribution in [2.75, 3.05) is 6.61 Å². The minimum absolute atomic E-state index is 0.0523. The van der Waals surface area contributed by atoms with Crippen LogP contribution in [0.2, 0.25) is 0 Å². The average molecular weight is 356 g/mol. The highest BCUT2D eigenvalue weighted by Crippen LogP contribution is 2.48. The number of ether oxygens (including phenoxy) is 1. The third-order valence-electron chi connectivity index (χ3n) is 4.69. The van der Waals surface area contributed by atoms with Crippen LogP contribution in [-0.4, -0.2) is 12.6 Å². The van der Waals surface area contributed by atoms with Crippen LogP contribution in [0.1, 0.15) is 52.4 Å². The lowest BCUT2D eigenvalue weighted by Crippen LogP contribution is -2.08. The fraction of sp³-hybridized carbons (Fsp3) is 0.261. The molecule has 1 aliphatic rings. The summed E-state index contributed by atoms with van der Waals surface area (Å²) in [5, 5.41) is 19.0. The van der Waals surface area contributed by atoms with E-state index in [-0.39, 0.29) is 11.5 Å². The minimum atomic E-state index is -0.369. The highest BCUT2D eigenvalue weighted by Gasteiger charge is 2.31. The molecule has 0 bridgehead atoms. The zero-order valence-corrected chi connectivity index (χ0v) is 15.7. The first-order valence-corrected chi connectivity index (χ1v) is 8.99. The summed E-state index contributed by atoms with van der Waals surface area (Å²) in [5.41, 5.74) is 6.21. The van der Waals surface area contributed by atoms with E-state index in [0.717, 1.165) is 46.2 Å². The lowest BCUT2D eigenvalue weighted by molar-refractivity contribution is 0.0500. The second-order valence-corrected chi connectivity index (χ2v) is 6.75. The molecule has 134 valence electrons. The Labute approximate surface area is 159 Å². The van der Waals surface area contributed by atoms with Crippen LogP contribution in [0.15, 0.2) is 35.9 Å². The summed E-state index contributed by atoms with van der Waals surface area (Å²) in [6.45, 7) is 6.28. The molecule has 0 atom stereocenters. The van der Waals surface area contributed by atoms with Crippen molar-refractivity contribution in [3.8, 4) is 23.3 Å². The first-order valence-electron chi connectivity index (χ1n) is 8.99. The predicted octanol–water partition coefficient (Wildman–Crippen LogP) is 5.09. The molecular weight excluding hydrogens is 336 g/mol. The van der Waals surface area contributed by atoms with Gasteiger partial charge in [-0.1, -0.05) is 43.2 Å². The molecule has 27 heavy (non-hydrogen) atoms. The maximum Gasteiger partial charge on any atom is 0.338 e. The van der Waals surface area contributed by atoms with Crippen molar-refractivity contribution in [3.63, 3.8) is 0 Å². The van der Waals surface area contributed by atoms with Gasteiger partial charge in [-0.3, -0.25) is 0 Å². The normalized spacial score (nSPS) is 11.2. The van der Waals surface area contributed by atoms with E-state index in [1.54, 1.807) is 0 Å². The maximum atomic E-state index is 12.8. The molecule has 0 aliphatic heterocycles. The third kappa shape index (κ3) is 3.23. The Kier molecular flexibility index (Phi) is 5.10. The van der Waals surface area contributed by atoms with Gasteiger partial charge in [-0.25, -0.2) is 4.79 Å². The standard InChI is InChI=1S/C23H20N2O2/c1-4-5-8-27-23(26)20-11-15(3)10-19-21(16(12-24)13-25)18-9-14(2)6-7-17(18)22(19)20/h6-7,9-11H,4-5,8H2,1-3H3. The Bertz CT molecular complexity index is 1030. The van der Waals surface area contributed by atoms with Crippen LogP contribution in [0.25, 0.3) is 16.7 Å². The van der Waals surface area contributed by atoms with Gasteiger partial charge < -0.3 is 4.74 Å². The molecule has 0 fully saturated rings. The van der Waals surface area contributed by atoms with Gasteiger partial charge in [-0.2, -0.15) is 10.5 Å². The van der Waals surface area contributed by atoms with Gasteiger partial charge in [-0.15, -0.1) is 0 Å². The van der Waals surface area contributed by atoms with Crippen LogP contribution in [0.5, 0.6) is 0 Å². The summed E-state index contributed by atoms with van der Waals surface area (Å²) < 4.78 is 5.45. The molecule has 0 saturated heterocycles. The Morgan fingerprint density at radius 1 is 1.00 bits per heavy atom. The molecule has 0 heterocycles. The smallest absolute Gasteiger partial charge is 0.338 e. The summed E-state index contributed by atoms with van der Waals surface area (Å²) >= 11 is 0. The molecular formula is C23H20N2O2. The van der Waals surface area contributed by atoms with Crippen LogP contribution in [0.3, 0.4) is 0 Å². The first kappa shape index (κ1) is 18.4. The van der Waals surface area contributed by atoms with Crippen molar-refractivity contribution >= 4 is 11.5 Å². The van der Waals surface area contributed by atoms with Crippen molar-refractivity contribution in [3.05, 3.63) is 63.7 Å². The number of carbonyl (C=O) groups excluding carboxylic acids is 1. The number of esters is 1. The van der Waals surface area contributed by atoms with E-state index in [1.807, 2.05) is 63.2 Å². The van der Waals surface area contributed by atoms with E-state index in [4.69, 9.17) is 4.74 Å². The van der Waals surface area contributed by atoms with Crippen LogP contribution >= 0.6 is 0 Å². The maximum absolute atomic E-state index is 12.8. The van der Waals surface area contributed by atoms with Gasteiger partial charge in [0.05, 0.1) is 12.2 Å². The van der Waals surface area contributed by atoms with E-state index < -0.39 is 0 Å². The van der Waals surface area contributed by atoms with Crippen molar-refractivity contribution < 1.29 is 9.53 Å². The van der Waals surface area contributed by atoms with Crippen LogP contribution in [0, 0.1) is 36.5 Å². The molecule has 3 rings (SSSR count). The summed E-state index contributed by atoms with van der Waals surface area (Å²) in [5.74, 6) is -0.369. The van der Waals surface area contributed by atoms with Crippen LogP contribution in [-0.2, 0) is 4.74 Å². The predicted molar refractivity (Wildman–Crippen MR) is 104 cm³/mol. The van der Waals surface area contributed by atoms with E-state index in [1.165, 1.54) is 0 Å². The van der Waals surface area contributed by atoms with Gasteiger partial charge in [-0.05, 0) is 48.6 Å². The van der Waals surface area contributed by atoms with E-state index in [0.29, 0.717) is 17.7 Å². The van der Waals surface area contributed by atoms with Gasteiger partial charge in [0.1, 0.15) is 17.7 Å². The zero-order valence-electron chi connectivity index (χ0n) is 15.7. The molecule has 0 aromatic heterocycles. The molecule has 0 radical (unpaired) electrons. The second-order valence-electron chi connectivity index (χ2n) is 6.75. The molecule has 2 aromatic carbocycles. The SMILES string of the molecule is CCCCOC(=O)c1cc(C)cc2c1-c1ccc(C)cc1C2=C(C#N)C#N. The molecule has 0 N–H and O–H groups in total. The number of nitriles is 2. The largest absolute Gasteiger partial charge is 0.462 e. The van der Waals surface area contributed by atoms with E-state index >= 15 is 0 Å². The number of nitrogens with zero attached hydrogens (tertiary/aromatic N) is 2. The summed E-state index contributed by atoms with van der Waals surface area (Å²) in [6.07, 6.45) is 1.76. The van der Waals surface area contributed by atoms with Crippen molar-refractivity contribution in [2.45, 2.75) is 33.6 Å². The molecule has 1 aliphatic carbocycles. The molecule has 2 aromatic rings. The monoisotopic (exact) mass is 356 g/mol. The molecule has 4 heteroatoms. The number of allylic oxidation sites excluding steroid dienone is 1. The van der Waals surface area contributed by atoms with Crippen molar-refractivity contribution in [2.24, 2.45) is 0 Å². The van der Waals surface area contributed by atoms with Crippen LogP contribution < -0.4 is 0 Å². The molecule has 0 spiro atoms. The Hall–Kier alpha value is -3.37. The lowest BCUT2D eigenvalue weighted by atomic mass is 9.95. The Morgan fingerprint density at radius 3 is 2.37 bits per heavy atom. The number of benzene rings is 2. The zero-order chi connectivity index (χ0) is 19.6. The van der Waals surface area contributed by atoms with Gasteiger partial charge in [0.2, 0.25) is 0 Å².